The van der Waals surface area contributed by atoms with E-state index in [0.717, 1.165) is 12.0 Å². The van der Waals surface area contributed by atoms with Gasteiger partial charge in [-0.1, -0.05) is 50.3 Å². The van der Waals surface area contributed by atoms with Crippen LogP contribution in [0.25, 0.3) is 0 Å². The molecule has 0 spiro atoms. The fourth-order valence-electron chi connectivity index (χ4n) is 2.04. The molecule has 0 heterocycles. The third-order valence-electron chi connectivity index (χ3n) is 2.84. The van der Waals surface area contributed by atoms with E-state index in [4.69, 9.17) is 0 Å². The van der Waals surface area contributed by atoms with Crippen LogP contribution in [0, 0.1) is 11.3 Å². The molecule has 1 rings (SSSR count). The van der Waals surface area contributed by atoms with Gasteiger partial charge in [0.2, 0.25) is 0 Å². The topological polar surface area (TPSA) is 17.1 Å². The molecule has 0 fully saturated rings. The van der Waals surface area contributed by atoms with E-state index in [-0.39, 0.29) is 5.78 Å². The quantitative estimate of drug-likeness (QED) is 0.535. The Labute approximate surface area is 98.2 Å². The second-order valence-corrected chi connectivity index (χ2v) is 4.91. The highest BCUT2D eigenvalue weighted by atomic mass is 16.1. The molecule has 1 atom stereocenters. The summed E-state index contributed by atoms with van der Waals surface area (Å²) >= 11 is 0. The fraction of sp³-hybridized carbons (Fsp3) is 0.400. The van der Waals surface area contributed by atoms with Crippen molar-refractivity contribution < 1.29 is 4.79 Å². The van der Waals surface area contributed by atoms with E-state index in [1.165, 1.54) is 0 Å². The van der Waals surface area contributed by atoms with Crippen molar-refractivity contribution in [1.82, 2.24) is 0 Å². The van der Waals surface area contributed by atoms with Gasteiger partial charge in [-0.05, 0) is 19.3 Å². The van der Waals surface area contributed by atoms with E-state index >= 15 is 0 Å². The number of hydrogen-bond donors (Lipinski definition) is 0. The number of benzene rings is 1. The van der Waals surface area contributed by atoms with Crippen molar-refractivity contribution in [3.05, 3.63) is 48.6 Å². The second-order valence-electron chi connectivity index (χ2n) is 4.91. The van der Waals surface area contributed by atoms with Gasteiger partial charge in [0, 0.05) is 11.0 Å². The Morgan fingerprint density at radius 1 is 1.38 bits per heavy atom. The van der Waals surface area contributed by atoms with Crippen LogP contribution in [0.3, 0.4) is 0 Å². The lowest BCUT2D eigenvalue weighted by atomic mass is 9.76. The molecule has 0 aromatic heterocycles. The van der Waals surface area contributed by atoms with Crippen molar-refractivity contribution in [2.75, 3.05) is 0 Å². The number of carbonyl (C=O) groups is 1. The summed E-state index contributed by atoms with van der Waals surface area (Å²) in [6.07, 6.45) is 2.62. The summed E-state index contributed by atoms with van der Waals surface area (Å²) in [5.41, 5.74) is 0.320. The van der Waals surface area contributed by atoms with Gasteiger partial charge >= 0.3 is 0 Å². The van der Waals surface area contributed by atoms with Crippen LogP contribution in [0.1, 0.15) is 37.6 Å². The zero-order chi connectivity index (χ0) is 12.2. The molecule has 16 heavy (non-hydrogen) atoms. The van der Waals surface area contributed by atoms with Crippen LogP contribution in [-0.2, 0) is 0 Å². The van der Waals surface area contributed by atoms with E-state index in [1.54, 1.807) is 6.08 Å². The van der Waals surface area contributed by atoms with Crippen molar-refractivity contribution >= 4 is 5.78 Å². The van der Waals surface area contributed by atoms with Crippen molar-refractivity contribution in [1.29, 1.82) is 0 Å². The minimum Gasteiger partial charge on any atom is -0.293 e. The molecule has 0 aliphatic carbocycles. The lowest BCUT2D eigenvalue weighted by molar-refractivity contribution is 0.0845. The zero-order valence-corrected chi connectivity index (χ0v) is 10.4. The molecular formula is C15H20O. The van der Waals surface area contributed by atoms with Gasteiger partial charge in [0.1, 0.15) is 0 Å². The average molecular weight is 216 g/mol. The monoisotopic (exact) mass is 216 g/mol. The lowest BCUT2D eigenvalue weighted by Gasteiger charge is -2.26. The average Bonchev–Trinajstić information content (AvgIpc) is 2.28. The summed E-state index contributed by atoms with van der Waals surface area (Å²) in [7, 11) is 0. The van der Waals surface area contributed by atoms with Gasteiger partial charge in [-0.15, -0.1) is 6.58 Å². The van der Waals surface area contributed by atoms with Gasteiger partial charge < -0.3 is 0 Å². The van der Waals surface area contributed by atoms with Gasteiger partial charge in [0.25, 0.3) is 0 Å². The SMILES string of the molecule is C=CC(C)(CC(C)C)C(=O)c1ccccc1. The first kappa shape index (κ1) is 12.7. The van der Waals surface area contributed by atoms with Gasteiger partial charge in [-0.3, -0.25) is 4.79 Å². The highest BCUT2D eigenvalue weighted by Gasteiger charge is 2.31. The third kappa shape index (κ3) is 2.82. The first-order valence-corrected chi connectivity index (χ1v) is 5.73. The maximum Gasteiger partial charge on any atom is 0.172 e. The molecule has 86 valence electrons. The van der Waals surface area contributed by atoms with E-state index in [0.29, 0.717) is 5.92 Å². The second kappa shape index (κ2) is 5.11. The Balaban J connectivity index is 2.98. The van der Waals surface area contributed by atoms with Crippen LogP contribution in [0.4, 0.5) is 0 Å². The van der Waals surface area contributed by atoms with E-state index in [9.17, 15) is 4.79 Å². The van der Waals surface area contributed by atoms with Crippen LogP contribution < -0.4 is 0 Å². The molecule has 1 nitrogen and oxygen atoms in total. The standard InChI is InChI=1S/C15H20O/c1-5-15(4,11-12(2)3)14(16)13-9-7-6-8-10-13/h5-10,12H,1,11H2,2-4H3. The molecule has 1 heteroatoms. The Morgan fingerprint density at radius 2 is 1.94 bits per heavy atom. The normalized spacial score (nSPS) is 14.5. The van der Waals surface area contributed by atoms with E-state index < -0.39 is 5.41 Å². The summed E-state index contributed by atoms with van der Waals surface area (Å²) in [6.45, 7) is 10.0. The minimum absolute atomic E-state index is 0.164. The fourth-order valence-corrected chi connectivity index (χ4v) is 2.04. The van der Waals surface area contributed by atoms with Crippen molar-refractivity contribution in [3.63, 3.8) is 0 Å². The summed E-state index contributed by atoms with van der Waals surface area (Å²) in [4.78, 5) is 12.4. The predicted octanol–water partition coefficient (Wildman–Crippen LogP) is 4.11. The van der Waals surface area contributed by atoms with Crippen LogP contribution in [0.2, 0.25) is 0 Å². The van der Waals surface area contributed by atoms with Gasteiger partial charge in [-0.25, -0.2) is 0 Å². The van der Waals surface area contributed by atoms with Crippen LogP contribution in [0.15, 0.2) is 43.0 Å². The Kier molecular flexibility index (Phi) is 4.05. The molecule has 0 aliphatic heterocycles. The number of allylic oxidation sites excluding steroid dienone is 1. The smallest absolute Gasteiger partial charge is 0.172 e. The van der Waals surface area contributed by atoms with Gasteiger partial charge in [0.05, 0.1) is 0 Å². The highest BCUT2D eigenvalue weighted by Crippen LogP contribution is 2.31. The molecule has 0 bridgehead atoms. The molecule has 1 aromatic rings. The molecule has 0 N–H and O–H groups in total. The highest BCUT2D eigenvalue weighted by molar-refractivity contribution is 6.01. The van der Waals surface area contributed by atoms with Crippen LogP contribution in [0.5, 0.6) is 0 Å². The maximum absolute atomic E-state index is 12.4. The Bertz CT molecular complexity index is 364. The molecule has 1 unspecified atom stereocenters. The van der Waals surface area contributed by atoms with Crippen molar-refractivity contribution in [3.8, 4) is 0 Å². The number of ketones is 1. The van der Waals surface area contributed by atoms with Gasteiger partial charge in [-0.2, -0.15) is 0 Å². The minimum atomic E-state index is -0.449. The number of carbonyl (C=O) groups excluding carboxylic acids is 1. The van der Waals surface area contributed by atoms with Crippen molar-refractivity contribution in [2.24, 2.45) is 11.3 Å². The zero-order valence-electron chi connectivity index (χ0n) is 10.4. The van der Waals surface area contributed by atoms with E-state index in [2.05, 4.69) is 20.4 Å². The summed E-state index contributed by atoms with van der Waals surface area (Å²) in [5, 5.41) is 0. The van der Waals surface area contributed by atoms with E-state index in [1.807, 2.05) is 37.3 Å². The predicted molar refractivity (Wildman–Crippen MR) is 68.5 cm³/mol. The van der Waals surface area contributed by atoms with Crippen molar-refractivity contribution in [2.45, 2.75) is 27.2 Å². The largest absolute Gasteiger partial charge is 0.293 e. The van der Waals surface area contributed by atoms with Gasteiger partial charge in [0.15, 0.2) is 5.78 Å². The molecular weight excluding hydrogens is 196 g/mol. The third-order valence-corrected chi connectivity index (χ3v) is 2.84. The molecule has 0 aliphatic rings. The number of Topliss-reactive ketones (excluding diaryl/α,β-unsaturated/α-hetero) is 1. The molecule has 0 saturated carbocycles. The number of hydrogen-bond acceptors (Lipinski definition) is 1. The lowest BCUT2D eigenvalue weighted by Crippen LogP contribution is -2.27. The first-order valence-electron chi connectivity index (χ1n) is 5.73. The molecule has 0 radical (unpaired) electrons. The number of rotatable bonds is 5. The maximum atomic E-state index is 12.4. The Hall–Kier alpha value is -1.37. The molecule has 0 amide bonds. The molecule has 0 saturated heterocycles. The summed E-state index contributed by atoms with van der Waals surface area (Å²) in [6, 6.07) is 9.44. The Morgan fingerprint density at radius 3 is 2.38 bits per heavy atom. The van der Waals surface area contributed by atoms with Crippen LogP contribution in [-0.4, -0.2) is 5.78 Å². The first-order chi connectivity index (χ1) is 7.49. The summed E-state index contributed by atoms with van der Waals surface area (Å²) < 4.78 is 0. The van der Waals surface area contributed by atoms with Crippen LogP contribution >= 0.6 is 0 Å². The summed E-state index contributed by atoms with van der Waals surface area (Å²) in [5.74, 6) is 0.646. The molecule has 1 aromatic carbocycles.